The van der Waals surface area contributed by atoms with Gasteiger partial charge in [-0.05, 0) is 20.1 Å². The third kappa shape index (κ3) is 3.67. The first-order chi connectivity index (χ1) is 5.92. The van der Waals surface area contributed by atoms with E-state index >= 15 is 0 Å². The minimum atomic E-state index is -1.33. The molecule has 4 nitrogen and oxygen atoms in total. The summed E-state index contributed by atoms with van der Waals surface area (Å²) in [6.45, 7) is 3.30. The molecule has 0 aliphatic carbocycles. The van der Waals surface area contributed by atoms with Gasteiger partial charge in [-0.25, -0.2) is 0 Å². The Hall–Kier alpha value is -0.710. The van der Waals surface area contributed by atoms with Gasteiger partial charge in [0.25, 0.3) is 0 Å². The summed E-state index contributed by atoms with van der Waals surface area (Å²) in [6.07, 6.45) is 1.93. The van der Waals surface area contributed by atoms with Crippen LogP contribution in [0.5, 0.6) is 0 Å². The molecule has 0 aromatic rings. The number of nitrogens with one attached hydrogen (secondary N) is 1. The van der Waals surface area contributed by atoms with Crippen LogP contribution in [0, 0.1) is 5.41 Å². The van der Waals surface area contributed by atoms with Crippen LogP contribution in [0.25, 0.3) is 0 Å². The van der Waals surface area contributed by atoms with Crippen molar-refractivity contribution >= 4 is 23.6 Å². The molecule has 0 radical (unpaired) electrons. The van der Waals surface area contributed by atoms with Crippen molar-refractivity contribution < 1.29 is 14.7 Å². The molecule has 0 aromatic carbocycles. The Kier molecular flexibility index (Phi) is 4.83. The zero-order valence-electron chi connectivity index (χ0n) is 8.09. The van der Waals surface area contributed by atoms with E-state index in [2.05, 4.69) is 5.32 Å². The summed E-state index contributed by atoms with van der Waals surface area (Å²) in [5.41, 5.74) is -1.33. The molecule has 0 spiro atoms. The lowest BCUT2D eigenvalue weighted by atomic mass is 9.93. The predicted molar refractivity (Wildman–Crippen MR) is 52.8 cm³/mol. The molecule has 0 rings (SSSR count). The van der Waals surface area contributed by atoms with Crippen LogP contribution in [0.1, 0.15) is 13.8 Å². The topological polar surface area (TPSA) is 66.4 Å². The van der Waals surface area contributed by atoms with Crippen LogP contribution in [0.2, 0.25) is 0 Å². The summed E-state index contributed by atoms with van der Waals surface area (Å²) >= 11 is 1.60. The van der Waals surface area contributed by atoms with Gasteiger partial charge in [-0.1, -0.05) is 0 Å². The smallest absolute Gasteiger partial charge is 0.318 e. The Morgan fingerprint density at radius 1 is 1.46 bits per heavy atom. The fourth-order valence-corrected chi connectivity index (χ4v) is 0.891. The van der Waals surface area contributed by atoms with E-state index in [-0.39, 0.29) is 0 Å². The number of amides is 1. The fraction of sp³-hybridized carbons (Fsp3) is 0.750. The minimum absolute atomic E-state index is 0.436. The molecule has 0 aromatic heterocycles. The van der Waals surface area contributed by atoms with Crippen molar-refractivity contribution in [2.75, 3.05) is 18.6 Å². The highest BCUT2D eigenvalue weighted by molar-refractivity contribution is 7.98. The largest absolute Gasteiger partial charge is 0.480 e. The molecule has 0 aliphatic heterocycles. The highest BCUT2D eigenvalue weighted by Crippen LogP contribution is 2.14. The Morgan fingerprint density at radius 2 is 2.00 bits per heavy atom. The van der Waals surface area contributed by atoms with Gasteiger partial charge in [0, 0.05) is 12.3 Å². The van der Waals surface area contributed by atoms with Crippen LogP contribution in [-0.4, -0.2) is 35.5 Å². The normalized spacial score (nSPS) is 11.0. The highest BCUT2D eigenvalue weighted by atomic mass is 32.2. The number of carbonyl (C=O) groups is 2. The van der Waals surface area contributed by atoms with E-state index in [0.717, 1.165) is 5.75 Å². The standard InChI is InChI=1S/C8H15NO3S/c1-8(2,7(11)12)6(10)9-4-5-13-3/h4-5H2,1-3H3,(H,9,10)(H,11,12). The quantitative estimate of drug-likeness (QED) is 0.509. The van der Waals surface area contributed by atoms with Crippen molar-refractivity contribution in [3.63, 3.8) is 0 Å². The van der Waals surface area contributed by atoms with Crippen molar-refractivity contribution in [3.05, 3.63) is 0 Å². The van der Waals surface area contributed by atoms with Gasteiger partial charge in [0.1, 0.15) is 5.41 Å². The van der Waals surface area contributed by atoms with E-state index in [0.29, 0.717) is 6.54 Å². The van der Waals surface area contributed by atoms with Gasteiger partial charge in [-0.3, -0.25) is 9.59 Å². The number of carboxylic acids is 1. The number of hydrogen-bond donors (Lipinski definition) is 2. The second-order valence-electron chi connectivity index (χ2n) is 3.18. The predicted octanol–water partition coefficient (Wildman–Crippen LogP) is 0.576. The SMILES string of the molecule is CSCCNC(=O)C(C)(C)C(=O)O. The number of thioether (sulfide) groups is 1. The molecule has 0 bridgehead atoms. The summed E-state index contributed by atoms with van der Waals surface area (Å²) in [7, 11) is 0. The maximum absolute atomic E-state index is 11.3. The first-order valence-electron chi connectivity index (χ1n) is 3.93. The molecule has 2 N–H and O–H groups in total. The molecule has 0 atom stereocenters. The number of carbonyl (C=O) groups excluding carboxylic acids is 1. The lowest BCUT2D eigenvalue weighted by molar-refractivity contribution is -0.153. The molecule has 0 saturated carbocycles. The molecule has 0 heterocycles. The first kappa shape index (κ1) is 12.3. The maximum atomic E-state index is 11.3. The lowest BCUT2D eigenvalue weighted by Gasteiger charge is -2.17. The zero-order valence-corrected chi connectivity index (χ0v) is 8.90. The van der Waals surface area contributed by atoms with Crippen molar-refractivity contribution in [2.45, 2.75) is 13.8 Å². The van der Waals surface area contributed by atoms with Crippen LogP contribution < -0.4 is 5.32 Å². The van der Waals surface area contributed by atoms with Gasteiger partial charge < -0.3 is 10.4 Å². The molecule has 0 aliphatic rings. The summed E-state index contributed by atoms with van der Waals surface area (Å²) < 4.78 is 0. The molecule has 76 valence electrons. The molecule has 1 amide bonds. The van der Waals surface area contributed by atoms with Gasteiger partial charge in [0.15, 0.2) is 0 Å². The second kappa shape index (κ2) is 5.11. The van der Waals surface area contributed by atoms with Crippen LogP contribution >= 0.6 is 11.8 Å². The van der Waals surface area contributed by atoms with Crippen molar-refractivity contribution in [1.29, 1.82) is 0 Å². The average Bonchev–Trinajstić information content (AvgIpc) is 2.04. The van der Waals surface area contributed by atoms with E-state index in [4.69, 9.17) is 5.11 Å². The van der Waals surface area contributed by atoms with Gasteiger partial charge in [-0.15, -0.1) is 0 Å². The van der Waals surface area contributed by atoms with Crippen LogP contribution in [0.3, 0.4) is 0 Å². The summed E-state index contributed by atoms with van der Waals surface area (Å²) in [5, 5.41) is 11.3. The van der Waals surface area contributed by atoms with E-state index in [1.165, 1.54) is 13.8 Å². The molecule has 5 heteroatoms. The molecule has 13 heavy (non-hydrogen) atoms. The maximum Gasteiger partial charge on any atom is 0.318 e. The van der Waals surface area contributed by atoms with Gasteiger partial charge in [-0.2, -0.15) is 11.8 Å². The highest BCUT2D eigenvalue weighted by Gasteiger charge is 2.35. The average molecular weight is 205 g/mol. The Morgan fingerprint density at radius 3 is 2.38 bits per heavy atom. The number of aliphatic carboxylic acids is 1. The minimum Gasteiger partial charge on any atom is -0.480 e. The molecular weight excluding hydrogens is 190 g/mol. The Labute approximate surface area is 82.1 Å². The van der Waals surface area contributed by atoms with Gasteiger partial charge >= 0.3 is 5.97 Å². The van der Waals surface area contributed by atoms with Crippen LogP contribution in [0.4, 0.5) is 0 Å². The molecule has 0 fully saturated rings. The third-order valence-electron chi connectivity index (χ3n) is 1.69. The number of carboxylic acid groups (broad SMARTS) is 1. The molecular formula is C8H15NO3S. The summed E-state index contributed by atoms with van der Waals surface area (Å²) in [4.78, 5) is 21.9. The lowest BCUT2D eigenvalue weighted by Crippen LogP contribution is -2.43. The monoisotopic (exact) mass is 205 g/mol. The van der Waals surface area contributed by atoms with E-state index < -0.39 is 17.3 Å². The Bertz CT molecular complexity index is 204. The molecule has 0 unspecified atom stereocenters. The number of hydrogen-bond acceptors (Lipinski definition) is 3. The fourth-order valence-electron chi connectivity index (χ4n) is 0.585. The zero-order chi connectivity index (χ0) is 10.5. The van der Waals surface area contributed by atoms with Crippen molar-refractivity contribution in [2.24, 2.45) is 5.41 Å². The number of rotatable bonds is 5. The molecule has 0 saturated heterocycles. The van der Waals surface area contributed by atoms with Gasteiger partial charge in [0.05, 0.1) is 0 Å². The van der Waals surface area contributed by atoms with Crippen LogP contribution in [-0.2, 0) is 9.59 Å². The van der Waals surface area contributed by atoms with Gasteiger partial charge in [0.2, 0.25) is 5.91 Å². The van der Waals surface area contributed by atoms with Crippen molar-refractivity contribution in [1.82, 2.24) is 5.32 Å². The van der Waals surface area contributed by atoms with Crippen molar-refractivity contribution in [3.8, 4) is 0 Å². The van der Waals surface area contributed by atoms with Crippen LogP contribution in [0.15, 0.2) is 0 Å². The summed E-state index contributed by atoms with van der Waals surface area (Å²) in [5.74, 6) is -0.746. The van der Waals surface area contributed by atoms with E-state index in [9.17, 15) is 9.59 Å². The van der Waals surface area contributed by atoms with E-state index in [1.54, 1.807) is 11.8 Å². The third-order valence-corrected chi connectivity index (χ3v) is 2.31. The van der Waals surface area contributed by atoms with E-state index in [1.807, 2.05) is 6.26 Å². The second-order valence-corrected chi connectivity index (χ2v) is 4.16. The first-order valence-corrected chi connectivity index (χ1v) is 5.33. The Balaban J connectivity index is 4.03. The summed E-state index contributed by atoms with van der Waals surface area (Å²) in [6, 6.07) is 0.